The van der Waals surface area contributed by atoms with Gasteiger partial charge in [0.05, 0.1) is 5.60 Å². The predicted octanol–water partition coefficient (Wildman–Crippen LogP) is 1.65. The summed E-state index contributed by atoms with van der Waals surface area (Å²) in [5.41, 5.74) is 0.851. The van der Waals surface area contributed by atoms with Gasteiger partial charge < -0.3 is 14.9 Å². The van der Waals surface area contributed by atoms with E-state index < -0.39 is 5.60 Å². The smallest absolute Gasteiger partial charge is 0.0798 e. The molecule has 2 aliphatic rings. The standard InChI is InChI=1S/C18H29N3O/c1-19(2)15-18(22)9-12-20(13-10-18)17-8-11-21(14-17)16-6-4-3-5-7-16/h3-7,17,22H,8-15H2,1-2H3. The van der Waals surface area contributed by atoms with Crippen LogP contribution in [0.15, 0.2) is 30.3 Å². The average Bonchev–Trinajstić information content (AvgIpc) is 2.97. The van der Waals surface area contributed by atoms with E-state index in [9.17, 15) is 5.11 Å². The lowest BCUT2D eigenvalue weighted by atomic mass is 9.90. The van der Waals surface area contributed by atoms with Gasteiger partial charge in [0.15, 0.2) is 0 Å². The topological polar surface area (TPSA) is 30.0 Å². The van der Waals surface area contributed by atoms with Crippen molar-refractivity contribution in [2.45, 2.75) is 30.9 Å². The van der Waals surface area contributed by atoms with Crippen molar-refractivity contribution < 1.29 is 5.11 Å². The van der Waals surface area contributed by atoms with Gasteiger partial charge in [-0.2, -0.15) is 0 Å². The molecule has 2 heterocycles. The average molecular weight is 303 g/mol. The number of piperidine rings is 1. The number of rotatable bonds is 4. The first-order valence-electron chi connectivity index (χ1n) is 8.47. The number of anilines is 1. The van der Waals surface area contributed by atoms with Crippen molar-refractivity contribution in [2.75, 3.05) is 51.7 Å². The van der Waals surface area contributed by atoms with E-state index in [1.807, 2.05) is 14.1 Å². The Morgan fingerprint density at radius 3 is 2.45 bits per heavy atom. The fraction of sp³-hybridized carbons (Fsp3) is 0.667. The zero-order chi connectivity index (χ0) is 15.6. The fourth-order valence-corrected chi connectivity index (χ4v) is 3.97. The van der Waals surface area contributed by atoms with Crippen LogP contribution in [-0.2, 0) is 0 Å². The van der Waals surface area contributed by atoms with Gasteiger partial charge in [0, 0.05) is 44.5 Å². The van der Waals surface area contributed by atoms with Gasteiger partial charge in [-0.25, -0.2) is 0 Å². The first-order chi connectivity index (χ1) is 10.6. The first-order valence-corrected chi connectivity index (χ1v) is 8.47. The number of nitrogens with zero attached hydrogens (tertiary/aromatic N) is 3. The molecule has 0 bridgehead atoms. The molecule has 0 amide bonds. The third kappa shape index (κ3) is 3.62. The molecule has 0 aliphatic carbocycles. The predicted molar refractivity (Wildman–Crippen MR) is 91.4 cm³/mol. The van der Waals surface area contributed by atoms with Gasteiger partial charge in [-0.3, -0.25) is 4.90 Å². The molecule has 0 radical (unpaired) electrons. The number of hydrogen-bond donors (Lipinski definition) is 1. The van der Waals surface area contributed by atoms with E-state index in [4.69, 9.17) is 0 Å². The van der Waals surface area contributed by atoms with E-state index >= 15 is 0 Å². The van der Waals surface area contributed by atoms with Gasteiger partial charge in [-0.15, -0.1) is 0 Å². The Balaban J connectivity index is 1.53. The molecule has 1 aromatic rings. The molecule has 0 aromatic heterocycles. The van der Waals surface area contributed by atoms with Crippen molar-refractivity contribution in [1.82, 2.24) is 9.80 Å². The highest BCUT2D eigenvalue weighted by Crippen LogP contribution is 2.28. The van der Waals surface area contributed by atoms with Gasteiger partial charge in [-0.05, 0) is 45.5 Å². The molecular weight excluding hydrogens is 274 g/mol. The number of benzene rings is 1. The van der Waals surface area contributed by atoms with Crippen molar-refractivity contribution in [3.8, 4) is 0 Å². The molecule has 1 atom stereocenters. The second-order valence-electron chi connectivity index (χ2n) is 7.22. The quantitative estimate of drug-likeness (QED) is 0.916. The molecule has 1 aromatic carbocycles. The van der Waals surface area contributed by atoms with E-state index in [-0.39, 0.29) is 0 Å². The van der Waals surface area contributed by atoms with Crippen LogP contribution in [-0.4, -0.2) is 73.4 Å². The molecule has 2 saturated heterocycles. The van der Waals surface area contributed by atoms with Crippen LogP contribution < -0.4 is 4.90 Å². The number of likely N-dealkylation sites (tertiary alicyclic amines) is 1. The van der Waals surface area contributed by atoms with Gasteiger partial charge >= 0.3 is 0 Å². The molecule has 2 aliphatic heterocycles. The molecule has 3 rings (SSSR count). The lowest BCUT2D eigenvalue weighted by Gasteiger charge is -2.41. The van der Waals surface area contributed by atoms with Crippen molar-refractivity contribution >= 4 is 5.69 Å². The van der Waals surface area contributed by atoms with E-state index in [1.165, 1.54) is 12.1 Å². The molecule has 1 unspecified atom stereocenters. The number of hydrogen-bond acceptors (Lipinski definition) is 4. The highest BCUT2D eigenvalue weighted by atomic mass is 16.3. The van der Waals surface area contributed by atoms with Crippen LogP contribution in [0.4, 0.5) is 5.69 Å². The van der Waals surface area contributed by atoms with E-state index in [1.54, 1.807) is 0 Å². The Kier molecular flexibility index (Phi) is 4.71. The Hall–Kier alpha value is -1.10. The summed E-state index contributed by atoms with van der Waals surface area (Å²) in [6.07, 6.45) is 3.03. The highest BCUT2D eigenvalue weighted by molar-refractivity contribution is 5.47. The lowest BCUT2D eigenvalue weighted by Crippen LogP contribution is -2.52. The van der Waals surface area contributed by atoms with Gasteiger partial charge in [0.2, 0.25) is 0 Å². The minimum atomic E-state index is -0.488. The van der Waals surface area contributed by atoms with Gasteiger partial charge in [0.25, 0.3) is 0 Å². The summed E-state index contributed by atoms with van der Waals surface area (Å²) < 4.78 is 0. The summed E-state index contributed by atoms with van der Waals surface area (Å²) >= 11 is 0. The summed E-state index contributed by atoms with van der Waals surface area (Å²) in [6, 6.07) is 11.4. The normalized spacial score (nSPS) is 25.8. The molecule has 1 N–H and O–H groups in total. The van der Waals surface area contributed by atoms with Crippen molar-refractivity contribution in [2.24, 2.45) is 0 Å². The molecule has 22 heavy (non-hydrogen) atoms. The van der Waals surface area contributed by atoms with Crippen LogP contribution in [0.25, 0.3) is 0 Å². The second-order valence-corrected chi connectivity index (χ2v) is 7.22. The Bertz CT molecular complexity index is 468. The summed E-state index contributed by atoms with van der Waals surface area (Å²) in [5.74, 6) is 0. The maximum absolute atomic E-state index is 10.7. The van der Waals surface area contributed by atoms with Crippen molar-refractivity contribution in [3.63, 3.8) is 0 Å². The Labute approximate surface area is 134 Å². The fourth-order valence-electron chi connectivity index (χ4n) is 3.97. The third-order valence-electron chi connectivity index (χ3n) is 5.14. The van der Waals surface area contributed by atoms with E-state index in [0.717, 1.165) is 45.6 Å². The summed E-state index contributed by atoms with van der Waals surface area (Å²) in [6.45, 7) is 5.10. The summed E-state index contributed by atoms with van der Waals surface area (Å²) in [4.78, 5) is 7.18. The molecule has 0 spiro atoms. The molecule has 4 nitrogen and oxygen atoms in total. The minimum Gasteiger partial charge on any atom is -0.388 e. The zero-order valence-electron chi connectivity index (χ0n) is 13.9. The van der Waals surface area contributed by atoms with Crippen LogP contribution in [0.2, 0.25) is 0 Å². The lowest BCUT2D eigenvalue weighted by molar-refractivity contribution is -0.0438. The molecule has 4 heteroatoms. The largest absolute Gasteiger partial charge is 0.388 e. The van der Waals surface area contributed by atoms with Crippen LogP contribution in [0, 0.1) is 0 Å². The van der Waals surface area contributed by atoms with Crippen molar-refractivity contribution in [1.29, 1.82) is 0 Å². The minimum absolute atomic E-state index is 0.488. The van der Waals surface area contributed by atoms with Crippen molar-refractivity contribution in [3.05, 3.63) is 30.3 Å². The third-order valence-corrected chi connectivity index (χ3v) is 5.14. The van der Waals surface area contributed by atoms with E-state index in [2.05, 4.69) is 45.0 Å². The van der Waals surface area contributed by atoms with E-state index in [0.29, 0.717) is 6.04 Å². The number of likely N-dealkylation sites (N-methyl/N-ethyl adjacent to an activating group) is 1. The van der Waals surface area contributed by atoms with Gasteiger partial charge in [0.1, 0.15) is 0 Å². The SMILES string of the molecule is CN(C)CC1(O)CCN(C2CCN(c3ccccc3)C2)CC1. The number of aliphatic hydroxyl groups is 1. The van der Waals surface area contributed by atoms with Crippen LogP contribution in [0.1, 0.15) is 19.3 Å². The van der Waals surface area contributed by atoms with Crippen LogP contribution in [0.5, 0.6) is 0 Å². The Morgan fingerprint density at radius 1 is 1.14 bits per heavy atom. The Morgan fingerprint density at radius 2 is 1.82 bits per heavy atom. The molecule has 0 saturated carbocycles. The maximum atomic E-state index is 10.7. The van der Waals surface area contributed by atoms with Crippen LogP contribution >= 0.6 is 0 Å². The van der Waals surface area contributed by atoms with Gasteiger partial charge in [-0.1, -0.05) is 18.2 Å². The summed E-state index contributed by atoms with van der Waals surface area (Å²) in [7, 11) is 4.08. The highest BCUT2D eigenvalue weighted by Gasteiger charge is 2.36. The number of para-hydroxylation sites is 1. The monoisotopic (exact) mass is 303 g/mol. The molecule has 2 fully saturated rings. The van der Waals surface area contributed by atoms with Crippen LogP contribution in [0.3, 0.4) is 0 Å². The first kappa shape index (κ1) is 15.8. The maximum Gasteiger partial charge on any atom is 0.0798 e. The summed E-state index contributed by atoms with van der Waals surface area (Å²) in [5, 5.41) is 10.7. The second kappa shape index (κ2) is 6.57. The zero-order valence-corrected chi connectivity index (χ0v) is 13.9. The molecule has 122 valence electrons. The molecular formula is C18H29N3O.